The minimum absolute atomic E-state index is 0.285. The van der Waals surface area contributed by atoms with Crippen molar-refractivity contribution in [2.75, 3.05) is 24.6 Å². The Hall–Kier alpha value is -1.62. The molecule has 0 heterocycles. The Morgan fingerprint density at radius 2 is 2.29 bits per heavy atom. The Kier molecular flexibility index (Phi) is 5.42. The Morgan fingerprint density at radius 3 is 2.88 bits per heavy atom. The molecule has 0 radical (unpaired) electrons. The fraction of sp³-hybridized carbons (Fsp3) is 0.417. The highest BCUT2D eigenvalue weighted by atomic mass is 19.1. The molecule has 0 saturated heterocycles. The molecule has 2 N–H and O–H groups in total. The number of hydrogen-bond donors (Lipinski definition) is 1. The van der Waals surface area contributed by atoms with E-state index >= 15 is 0 Å². The van der Waals surface area contributed by atoms with Gasteiger partial charge in [-0.05, 0) is 38.1 Å². The van der Waals surface area contributed by atoms with Crippen LogP contribution in [-0.4, -0.2) is 25.8 Å². The normalized spacial score (nSPS) is 10.1. The summed E-state index contributed by atoms with van der Waals surface area (Å²) in [6.45, 7) is 2.89. The predicted molar refractivity (Wildman–Crippen MR) is 64.4 cm³/mol. The molecule has 0 unspecified atom stereocenters. The molecule has 0 aromatic heterocycles. The van der Waals surface area contributed by atoms with Gasteiger partial charge in [-0.15, -0.1) is 0 Å². The first-order chi connectivity index (χ1) is 8.19. The van der Waals surface area contributed by atoms with Gasteiger partial charge in [0.25, 0.3) is 0 Å². The molecule has 1 aromatic carbocycles. The number of hydrogen-bond acceptors (Lipinski definition) is 3. The molecule has 5 heteroatoms. The second kappa shape index (κ2) is 6.85. The number of anilines is 1. The van der Waals surface area contributed by atoms with Crippen molar-refractivity contribution in [2.45, 2.75) is 13.3 Å². The van der Waals surface area contributed by atoms with E-state index in [1.165, 1.54) is 17.0 Å². The standard InChI is InChI=1S/C12H17FN2O2/c1-2-17-12(16)15(8-4-7-14)11-6-3-5-10(13)9-11/h3,5-6,9H,2,4,7-8,14H2,1H3. The SMILES string of the molecule is CCOC(=O)N(CCCN)c1cccc(F)c1. The van der Waals surface area contributed by atoms with E-state index in [0.717, 1.165) is 0 Å². The molecule has 1 rings (SSSR count). The van der Waals surface area contributed by atoms with Gasteiger partial charge in [-0.2, -0.15) is 0 Å². The van der Waals surface area contributed by atoms with Crippen molar-refractivity contribution < 1.29 is 13.9 Å². The van der Waals surface area contributed by atoms with E-state index in [-0.39, 0.29) is 12.4 Å². The van der Waals surface area contributed by atoms with Gasteiger partial charge in [0, 0.05) is 12.2 Å². The minimum atomic E-state index is -0.480. The van der Waals surface area contributed by atoms with Crippen LogP contribution in [0.15, 0.2) is 24.3 Å². The van der Waals surface area contributed by atoms with Gasteiger partial charge >= 0.3 is 6.09 Å². The van der Waals surface area contributed by atoms with Crippen LogP contribution in [0.1, 0.15) is 13.3 Å². The van der Waals surface area contributed by atoms with Crippen LogP contribution in [0.25, 0.3) is 0 Å². The molecular weight excluding hydrogens is 223 g/mol. The van der Waals surface area contributed by atoms with Crippen LogP contribution in [0, 0.1) is 5.82 Å². The van der Waals surface area contributed by atoms with Gasteiger partial charge in [-0.3, -0.25) is 4.90 Å². The molecule has 0 spiro atoms. The summed E-state index contributed by atoms with van der Waals surface area (Å²) in [5.74, 6) is -0.385. The lowest BCUT2D eigenvalue weighted by Crippen LogP contribution is -2.33. The Balaban J connectivity index is 2.85. The van der Waals surface area contributed by atoms with Crippen molar-refractivity contribution in [3.63, 3.8) is 0 Å². The first kappa shape index (κ1) is 13.4. The van der Waals surface area contributed by atoms with E-state index in [1.807, 2.05) is 0 Å². The predicted octanol–water partition coefficient (Wildman–Crippen LogP) is 2.14. The zero-order valence-electron chi connectivity index (χ0n) is 9.86. The fourth-order valence-corrected chi connectivity index (χ4v) is 1.42. The Labute approximate surface area is 100 Å². The molecule has 0 aliphatic rings. The van der Waals surface area contributed by atoms with Gasteiger partial charge in [0.2, 0.25) is 0 Å². The molecule has 94 valence electrons. The van der Waals surface area contributed by atoms with Crippen LogP contribution in [0.5, 0.6) is 0 Å². The second-order valence-electron chi connectivity index (χ2n) is 3.47. The summed E-state index contributed by atoms with van der Waals surface area (Å²) in [6.07, 6.45) is 0.154. The first-order valence-electron chi connectivity index (χ1n) is 5.59. The van der Waals surface area contributed by atoms with E-state index in [4.69, 9.17) is 10.5 Å². The number of benzene rings is 1. The summed E-state index contributed by atoms with van der Waals surface area (Å²) in [7, 11) is 0. The van der Waals surface area contributed by atoms with Crippen LogP contribution in [0.4, 0.5) is 14.9 Å². The maximum Gasteiger partial charge on any atom is 0.414 e. The number of halogens is 1. The highest BCUT2D eigenvalue weighted by molar-refractivity contribution is 5.87. The van der Waals surface area contributed by atoms with E-state index < -0.39 is 6.09 Å². The smallest absolute Gasteiger partial charge is 0.414 e. The van der Waals surface area contributed by atoms with Crippen LogP contribution in [0.3, 0.4) is 0 Å². The summed E-state index contributed by atoms with van der Waals surface area (Å²) in [5.41, 5.74) is 5.89. The maximum absolute atomic E-state index is 13.1. The molecule has 0 atom stereocenters. The zero-order chi connectivity index (χ0) is 12.7. The number of nitrogens with two attached hydrogens (primary N) is 1. The monoisotopic (exact) mass is 240 g/mol. The molecule has 0 bridgehead atoms. The Morgan fingerprint density at radius 1 is 1.53 bits per heavy atom. The number of ether oxygens (including phenoxy) is 1. The van der Waals surface area contributed by atoms with Crippen LogP contribution in [0.2, 0.25) is 0 Å². The molecular formula is C12H17FN2O2. The quantitative estimate of drug-likeness (QED) is 0.857. The molecule has 0 aliphatic heterocycles. The van der Waals surface area contributed by atoms with Crippen LogP contribution >= 0.6 is 0 Å². The number of carbonyl (C=O) groups is 1. The average molecular weight is 240 g/mol. The van der Waals surface area contributed by atoms with Crippen molar-refractivity contribution in [1.29, 1.82) is 0 Å². The third-order valence-electron chi connectivity index (χ3n) is 2.19. The summed E-state index contributed by atoms with van der Waals surface area (Å²) in [6, 6.07) is 5.85. The average Bonchev–Trinajstić information content (AvgIpc) is 2.30. The molecule has 1 aromatic rings. The maximum atomic E-state index is 13.1. The van der Waals surface area contributed by atoms with Gasteiger partial charge < -0.3 is 10.5 Å². The molecule has 0 saturated carbocycles. The number of carbonyl (C=O) groups excluding carboxylic acids is 1. The number of nitrogens with zero attached hydrogens (tertiary/aromatic N) is 1. The van der Waals surface area contributed by atoms with E-state index in [1.54, 1.807) is 19.1 Å². The van der Waals surface area contributed by atoms with E-state index in [2.05, 4.69) is 0 Å². The molecule has 4 nitrogen and oxygen atoms in total. The molecule has 17 heavy (non-hydrogen) atoms. The lowest BCUT2D eigenvalue weighted by molar-refractivity contribution is 0.159. The lowest BCUT2D eigenvalue weighted by atomic mass is 10.2. The van der Waals surface area contributed by atoms with Gasteiger partial charge in [0.05, 0.1) is 6.61 Å². The van der Waals surface area contributed by atoms with Gasteiger partial charge in [-0.1, -0.05) is 6.07 Å². The summed E-state index contributed by atoms with van der Waals surface area (Å²) < 4.78 is 18.0. The van der Waals surface area contributed by atoms with Crippen molar-refractivity contribution in [3.05, 3.63) is 30.1 Å². The fourth-order valence-electron chi connectivity index (χ4n) is 1.42. The third kappa shape index (κ3) is 4.03. The van der Waals surface area contributed by atoms with Crippen LogP contribution < -0.4 is 10.6 Å². The highest BCUT2D eigenvalue weighted by Gasteiger charge is 2.16. The third-order valence-corrected chi connectivity index (χ3v) is 2.19. The molecule has 0 aliphatic carbocycles. The zero-order valence-corrected chi connectivity index (χ0v) is 9.86. The van der Waals surface area contributed by atoms with Gasteiger partial charge in [0.15, 0.2) is 0 Å². The highest BCUT2D eigenvalue weighted by Crippen LogP contribution is 2.16. The molecule has 1 amide bonds. The van der Waals surface area contributed by atoms with E-state index in [9.17, 15) is 9.18 Å². The van der Waals surface area contributed by atoms with Crippen molar-refractivity contribution >= 4 is 11.8 Å². The minimum Gasteiger partial charge on any atom is -0.449 e. The summed E-state index contributed by atoms with van der Waals surface area (Å²) in [4.78, 5) is 13.1. The van der Waals surface area contributed by atoms with E-state index in [0.29, 0.717) is 25.2 Å². The lowest BCUT2D eigenvalue weighted by Gasteiger charge is -2.21. The van der Waals surface area contributed by atoms with Crippen molar-refractivity contribution in [2.24, 2.45) is 5.73 Å². The Bertz CT molecular complexity index is 371. The summed E-state index contributed by atoms with van der Waals surface area (Å²) in [5, 5.41) is 0. The number of rotatable bonds is 5. The van der Waals surface area contributed by atoms with Gasteiger partial charge in [-0.25, -0.2) is 9.18 Å². The number of amides is 1. The van der Waals surface area contributed by atoms with Crippen LogP contribution in [-0.2, 0) is 4.74 Å². The van der Waals surface area contributed by atoms with Crippen molar-refractivity contribution in [1.82, 2.24) is 0 Å². The largest absolute Gasteiger partial charge is 0.449 e. The topological polar surface area (TPSA) is 55.6 Å². The summed E-state index contributed by atoms with van der Waals surface area (Å²) >= 11 is 0. The second-order valence-corrected chi connectivity index (χ2v) is 3.47. The van der Waals surface area contributed by atoms with Gasteiger partial charge in [0.1, 0.15) is 5.82 Å². The molecule has 0 fully saturated rings. The first-order valence-corrected chi connectivity index (χ1v) is 5.59. The van der Waals surface area contributed by atoms with Crippen molar-refractivity contribution in [3.8, 4) is 0 Å².